The van der Waals surface area contributed by atoms with Crippen molar-refractivity contribution in [3.8, 4) is 0 Å². The van der Waals surface area contributed by atoms with E-state index in [4.69, 9.17) is 0 Å². The molecule has 114 valence electrons. The number of aromatic nitrogens is 1. The van der Waals surface area contributed by atoms with Gasteiger partial charge in [0, 0.05) is 28.0 Å². The summed E-state index contributed by atoms with van der Waals surface area (Å²) in [7, 11) is 1.86. The van der Waals surface area contributed by atoms with Crippen molar-refractivity contribution in [1.29, 1.82) is 0 Å². The maximum Gasteiger partial charge on any atom is 0.252 e. The molecule has 1 heterocycles. The zero-order chi connectivity index (χ0) is 14.5. The molecular weight excluding hydrogens is 358 g/mol. The molecule has 0 aliphatic carbocycles. The second-order valence-corrected chi connectivity index (χ2v) is 5.37. The van der Waals surface area contributed by atoms with Gasteiger partial charge in [0.15, 0.2) is 0 Å². The van der Waals surface area contributed by atoms with E-state index < -0.39 is 0 Å². The Hall–Kier alpha value is -1.37. The maximum atomic E-state index is 12.2. The summed E-state index contributed by atoms with van der Waals surface area (Å²) in [6.07, 6.45) is 0.840. The largest absolute Gasteiger partial charge is 0.352 e. The molecule has 0 bridgehead atoms. The van der Waals surface area contributed by atoms with Gasteiger partial charge in [0.05, 0.1) is 5.56 Å². The van der Waals surface area contributed by atoms with Crippen molar-refractivity contribution >= 4 is 45.1 Å². The molecule has 1 aromatic heterocycles. The third kappa shape index (κ3) is 4.56. The number of rotatable bonds is 5. The van der Waals surface area contributed by atoms with Gasteiger partial charge < -0.3 is 15.6 Å². The SMILES string of the molecule is CNCCCNC(=O)c1cc(=O)[nH]c2ccc(Br)cc12.Cl. The van der Waals surface area contributed by atoms with E-state index in [0.29, 0.717) is 17.6 Å². The molecular formula is C14H17BrClN3O2. The number of aromatic amines is 1. The van der Waals surface area contributed by atoms with Crippen molar-refractivity contribution < 1.29 is 4.79 Å². The molecule has 0 saturated heterocycles. The summed E-state index contributed by atoms with van der Waals surface area (Å²) in [4.78, 5) is 26.5. The molecule has 0 aliphatic rings. The van der Waals surface area contributed by atoms with Gasteiger partial charge in [0.2, 0.25) is 5.56 Å². The van der Waals surface area contributed by atoms with Gasteiger partial charge in [-0.15, -0.1) is 12.4 Å². The summed E-state index contributed by atoms with van der Waals surface area (Å²) < 4.78 is 0.862. The summed E-state index contributed by atoms with van der Waals surface area (Å²) in [5.41, 5.74) is 0.774. The number of pyridine rings is 1. The molecule has 1 aromatic carbocycles. The Morgan fingerprint density at radius 3 is 2.76 bits per heavy atom. The minimum Gasteiger partial charge on any atom is -0.352 e. The number of hydrogen-bond acceptors (Lipinski definition) is 3. The second-order valence-electron chi connectivity index (χ2n) is 4.45. The lowest BCUT2D eigenvalue weighted by molar-refractivity contribution is 0.0955. The van der Waals surface area contributed by atoms with Gasteiger partial charge in [0.25, 0.3) is 5.91 Å². The second kappa shape index (κ2) is 8.17. The van der Waals surface area contributed by atoms with Crippen LogP contribution in [0.2, 0.25) is 0 Å². The number of hydrogen-bond donors (Lipinski definition) is 3. The zero-order valence-corrected chi connectivity index (χ0v) is 13.9. The van der Waals surface area contributed by atoms with E-state index in [1.54, 1.807) is 6.07 Å². The van der Waals surface area contributed by atoms with E-state index in [2.05, 4.69) is 31.5 Å². The van der Waals surface area contributed by atoms with Crippen molar-refractivity contribution in [1.82, 2.24) is 15.6 Å². The third-order valence-electron chi connectivity index (χ3n) is 2.94. The van der Waals surface area contributed by atoms with Crippen LogP contribution >= 0.6 is 28.3 Å². The Morgan fingerprint density at radius 1 is 1.29 bits per heavy atom. The first-order valence-corrected chi connectivity index (χ1v) is 7.16. The van der Waals surface area contributed by atoms with Gasteiger partial charge in [-0.2, -0.15) is 0 Å². The van der Waals surface area contributed by atoms with Crippen LogP contribution in [0.4, 0.5) is 0 Å². The number of carbonyl (C=O) groups is 1. The number of benzene rings is 1. The Bertz CT molecular complexity index is 687. The first kappa shape index (κ1) is 17.7. The molecule has 0 aliphatic heterocycles. The van der Waals surface area contributed by atoms with Gasteiger partial charge in [-0.25, -0.2) is 0 Å². The first-order valence-electron chi connectivity index (χ1n) is 6.37. The number of fused-ring (bicyclic) bond motifs is 1. The molecule has 5 nitrogen and oxygen atoms in total. The van der Waals surface area contributed by atoms with Crippen molar-refractivity contribution in [2.24, 2.45) is 0 Å². The molecule has 1 amide bonds. The van der Waals surface area contributed by atoms with Crippen LogP contribution in [0.5, 0.6) is 0 Å². The minimum atomic E-state index is -0.278. The average Bonchev–Trinajstić information content (AvgIpc) is 2.43. The molecule has 2 rings (SSSR count). The normalized spacial score (nSPS) is 10.2. The Morgan fingerprint density at radius 2 is 2.05 bits per heavy atom. The summed E-state index contributed by atoms with van der Waals surface area (Å²) in [6, 6.07) is 6.77. The molecule has 3 N–H and O–H groups in total. The van der Waals surface area contributed by atoms with Crippen LogP contribution < -0.4 is 16.2 Å². The lowest BCUT2D eigenvalue weighted by Crippen LogP contribution is -2.27. The van der Waals surface area contributed by atoms with Crippen molar-refractivity contribution in [2.45, 2.75) is 6.42 Å². The highest BCUT2D eigenvalue weighted by molar-refractivity contribution is 9.10. The van der Waals surface area contributed by atoms with E-state index in [1.165, 1.54) is 6.07 Å². The minimum absolute atomic E-state index is 0. The van der Waals surface area contributed by atoms with E-state index >= 15 is 0 Å². The molecule has 0 radical (unpaired) electrons. The predicted molar refractivity (Wildman–Crippen MR) is 90.4 cm³/mol. The predicted octanol–water partition coefficient (Wildman–Crippen LogP) is 2.05. The standard InChI is InChI=1S/C14H16BrN3O2.ClH/c1-16-5-2-6-17-14(20)11-8-13(19)18-12-4-3-9(15)7-10(11)12;/h3-4,7-8,16H,2,5-6H2,1H3,(H,17,20)(H,18,19);1H. The summed E-state index contributed by atoms with van der Waals surface area (Å²) in [5.74, 6) is -0.227. The Labute approximate surface area is 137 Å². The average molecular weight is 375 g/mol. The van der Waals surface area contributed by atoms with Crippen LogP contribution in [-0.4, -0.2) is 31.0 Å². The van der Waals surface area contributed by atoms with Gasteiger partial charge in [-0.3, -0.25) is 9.59 Å². The first-order chi connectivity index (χ1) is 9.61. The fraction of sp³-hybridized carbons (Fsp3) is 0.286. The molecule has 0 fully saturated rings. The quantitative estimate of drug-likeness (QED) is 0.701. The molecule has 21 heavy (non-hydrogen) atoms. The van der Waals surface area contributed by atoms with Crippen LogP contribution in [0, 0.1) is 0 Å². The van der Waals surface area contributed by atoms with E-state index in [-0.39, 0.29) is 23.9 Å². The smallest absolute Gasteiger partial charge is 0.252 e. The summed E-state index contributed by atoms with van der Waals surface area (Å²) in [6.45, 7) is 1.41. The summed E-state index contributed by atoms with van der Waals surface area (Å²) in [5, 5.41) is 6.57. The van der Waals surface area contributed by atoms with E-state index in [1.807, 2.05) is 19.2 Å². The summed E-state index contributed by atoms with van der Waals surface area (Å²) >= 11 is 3.38. The van der Waals surface area contributed by atoms with E-state index in [9.17, 15) is 9.59 Å². The van der Waals surface area contributed by atoms with E-state index in [0.717, 1.165) is 22.8 Å². The molecule has 0 saturated carbocycles. The molecule has 2 aromatic rings. The molecule has 0 unspecified atom stereocenters. The number of amides is 1. The highest BCUT2D eigenvalue weighted by Gasteiger charge is 2.11. The van der Waals surface area contributed by atoms with Crippen LogP contribution in [0.1, 0.15) is 16.8 Å². The van der Waals surface area contributed by atoms with Gasteiger partial charge in [-0.05, 0) is 38.2 Å². The van der Waals surface area contributed by atoms with Crippen molar-refractivity contribution in [2.75, 3.05) is 20.1 Å². The highest BCUT2D eigenvalue weighted by Crippen LogP contribution is 2.20. The van der Waals surface area contributed by atoms with Crippen LogP contribution in [0.3, 0.4) is 0 Å². The fourth-order valence-corrected chi connectivity index (χ4v) is 2.34. The van der Waals surface area contributed by atoms with Gasteiger partial charge >= 0.3 is 0 Å². The number of carbonyl (C=O) groups excluding carboxylic acids is 1. The highest BCUT2D eigenvalue weighted by atomic mass is 79.9. The number of halogens is 2. The van der Waals surface area contributed by atoms with Crippen LogP contribution in [0.25, 0.3) is 10.9 Å². The van der Waals surface area contributed by atoms with Crippen molar-refractivity contribution in [3.05, 3.63) is 44.7 Å². The van der Waals surface area contributed by atoms with Gasteiger partial charge in [-0.1, -0.05) is 15.9 Å². The lowest BCUT2D eigenvalue weighted by atomic mass is 10.1. The lowest BCUT2D eigenvalue weighted by Gasteiger charge is -2.08. The Balaban J connectivity index is 0.00000220. The number of H-pyrrole nitrogens is 1. The number of nitrogens with one attached hydrogen (secondary N) is 3. The Kier molecular flexibility index (Phi) is 6.87. The third-order valence-corrected chi connectivity index (χ3v) is 3.43. The fourth-order valence-electron chi connectivity index (χ4n) is 1.98. The van der Waals surface area contributed by atoms with Crippen LogP contribution in [0.15, 0.2) is 33.5 Å². The topological polar surface area (TPSA) is 74.0 Å². The van der Waals surface area contributed by atoms with Crippen LogP contribution in [-0.2, 0) is 0 Å². The molecule has 7 heteroatoms. The monoisotopic (exact) mass is 373 g/mol. The zero-order valence-electron chi connectivity index (χ0n) is 11.5. The van der Waals surface area contributed by atoms with Crippen molar-refractivity contribution in [3.63, 3.8) is 0 Å². The van der Waals surface area contributed by atoms with Gasteiger partial charge in [0.1, 0.15) is 0 Å². The maximum absolute atomic E-state index is 12.2. The molecule has 0 spiro atoms. The molecule has 0 atom stereocenters.